The van der Waals surface area contributed by atoms with Crippen molar-refractivity contribution in [2.24, 2.45) is 0 Å². The van der Waals surface area contributed by atoms with Crippen LogP contribution < -0.4 is 5.32 Å². The number of aromatic carboxylic acids is 1. The van der Waals surface area contributed by atoms with E-state index < -0.39 is 5.97 Å². The number of carboxylic acid groups (broad SMARTS) is 1. The van der Waals surface area contributed by atoms with E-state index in [1.165, 1.54) is 16.3 Å². The Morgan fingerprint density at radius 3 is 2.24 bits per heavy atom. The topological polar surface area (TPSA) is 49.3 Å². The minimum atomic E-state index is -0.914. The smallest absolute Gasteiger partial charge is 0.336 e. The predicted octanol–water partition coefficient (Wildman–Crippen LogP) is 7.21. The van der Waals surface area contributed by atoms with Gasteiger partial charge in [0.1, 0.15) is 0 Å². The summed E-state index contributed by atoms with van der Waals surface area (Å²) in [5, 5.41) is 18.1. The minimum Gasteiger partial charge on any atom is -0.478 e. The second-order valence-corrected chi connectivity index (χ2v) is 8.39. The molecule has 0 aliphatic heterocycles. The molecule has 0 aromatic heterocycles. The molecule has 0 bridgehead atoms. The molecule has 5 aromatic carbocycles. The normalized spacial score (nSPS) is 12.2. The fraction of sp³-hybridized carbons (Fsp3) is 0.100. The van der Waals surface area contributed by atoms with E-state index in [-0.39, 0.29) is 6.04 Å². The summed E-state index contributed by atoms with van der Waals surface area (Å²) in [5.41, 5.74) is 4.39. The number of nitrogens with one attached hydrogen (secondary N) is 1. The van der Waals surface area contributed by atoms with Crippen molar-refractivity contribution in [2.75, 3.05) is 0 Å². The SMILES string of the molecule is CC(NCc1cc(-c2ccccc2C(=O)O)c2ccccc2c1)c1cccc2ccccc12. The van der Waals surface area contributed by atoms with Crippen LogP contribution in [0.3, 0.4) is 0 Å². The van der Waals surface area contributed by atoms with E-state index in [1.807, 2.05) is 24.3 Å². The van der Waals surface area contributed by atoms with Gasteiger partial charge in [0, 0.05) is 12.6 Å². The summed E-state index contributed by atoms with van der Waals surface area (Å²) in [6.45, 7) is 2.86. The van der Waals surface area contributed by atoms with Crippen molar-refractivity contribution >= 4 is 27.5 Å². The summed E-state index contributed by atoms with van der Waals surface area (Å²) in [6, 6.07) is 34.7. The molecule has 0 radical (unpaired) electrons. The van der Waals surface area contributed by atoms with Gasteiger partial charge in [-0.25, -0.2) is 4.79 Å². The summed E-state index contributed by atoms with van der Waals surface area (Å²) in [6.07, 6.45) is 0. The van der Waals surface area contributed by atoms with E-state index in [4.69, 9.17) is 0 Å². The molecule has 0 aliphatic carbocycles. The minimum absolute atomic E-state index is 0.164. The number of hydrogen-bond acceptors (Lipinski definition) is 2. The molecule has 5 rings (SSSR count). The fourth-order valence-corrected chi connectivity index (χ4v) is 4.61. The Balaban J connectivity index is 1.51. The molecule has 3 nitrogen and oxygen atoms in total. The first-order valence-electron chi connectivity index (χ1n) is 11.2. The van der Waals surface area contributed by atoms with Gasteiger partial charge in [-0.15, -0.1) is 0 Å². The first-order chi connectivity index (χ1) is 16.1. The highest BCUT2D eigenvalue weighted by Gasteiger charge is 2.15. The van der Waals surface area contributed by atoms with Crippen molar-refractivity contribution in [3.8, 4) is 11.1 Å². The van der Waals surface area contributed by atoms with Gasteiger partial charge in [0.15, 0.2) is 0 Å². The molecule has 1 unspecified atom stereocenters. The van der Waals surface area contributed by atoms with Crippen LogP contribution in [0.5, 0.6) is 0 Å². The molecule has 0 saturated carbocycles. The van der Waals surface area contributed by atoms with Gasteiger partial charge < -0.3 is 10.4 Å². The second kappa shape index (κ2) is 8.89. The molecule has 33 heavy (non-hydrogen) atoms. The van der Waals surface area contributed by atoms with E-state index in [1.54, 1.807) is 12.1 Å². The number of benzene rings is 5. The Morgan fingerprint density at radius 2 is 1.42 bits per heavy atom. The Kier molecular flexibility index (Phi) is 5.64. The summed E-state index contributed by atoms with van der Waals surface area (Å²) in [7, 11) is 0. The predicted molar refractivity (Wildman–Crippen MR) is 136 cm³/mol. The van der Waals surface area contributed by atoms with Crippen LogP contribution in [0.2, 0.25) is 0 Å². The van der Waals surface area contributed by atoms with E-state index in [2.05, 4.69) is 79.0 Å². The Morgan fingerprint density at radius 1 is 0.758 bits per heavy atom. The van der Waals surface area contributed by atoms with Crippen LogP contribution in [0.1, 0.15) is 34.5 Å². The van der Waals surface area contributed by atoms with Crippen LogP contribution in [-0.2, 0) is 6.54 Å². The largest absolute Gasteiger partial charge is 0.478 e. The molecular formula is C30H25NO2. The zero-order valence-electron chi connectivity index (χ0n) is 18.5. The van der Waals surface area contributed by atoms with Crippen LogP contribution in [0.25, 0.3) is 32.7 Å². The fourth-order valence-electron chi connectivity index (χ4n) is 4.61. The van der Waals surface area contributed by atoms with Gasteiger partial charge in [0.05, 0.1) is 5.56 Å². The van der Waals surface area contributed by atoms with Gasteiger partial charge in [-0.3, -0.25) is 0 Å². The van der Waals surface area contributed by atoms with Gasteiger partial charge in [-0.1, -0.05) is 84.9 Å². The first kappa shape index (κ1) is 20.9. The third-order valence-corrected chi connectivity index (χ3v) is 6.27. The first-order valence-corrected chi connectivity index (χ1v) is 11.2. The second-order valence-electron chi connectivity index (χ2n) is 8.39. The third-order valence-electron chi connectivity index (χ3n) is 6.27. The molecule has 0 aliphatic rings. The van der Waals surface area contributed by atoms with Crippen LogP contribution in [0.15, 0.2) is 103 Å². The van der Waals surface area contributed by atoms with Crippen LogP contribution >= 0.6 is 0 Å². The van der Waals surface area contributed by atoms with E-state index >= 15 is 0 Å². The van der Waals surface area contributed by atoms with Gasteiger partial charge in [0.2, 0.25) is 0 Å². The summed E-state index contributed by atoms with van der Waals surface area (Å²) in [5.74, 6) is -0.914. The summed E-state index contributed by atoms with van der Waals surface area (Å²) in [4.78, 5) is 11.9. The molecule has 1 atom stereocenters. The molecular weight excluding hydrogens is 406 g/mol. The van der Waals surface area contributed by atoms with Crippen LogP contribution in [-0.4, -0.2) is 11.1 Å². The number of fused-ring (bicyclic) bond motifs is 2. The molecule has 2 N–H and O–H groups in total. The maximum absolute atomic E-state index is 11.9. The molecule has 162 valence electrons. The van der Waals surface area contributed by atoms with Crippen LogP contribution in [0.4, 0.5) is 0 Å². The maximum Gasteiger partial charge on any atom is 0.336 e. The van der Waals surface area contributed by atoms with E-state index in [0.29, 0.717) is 12.1 Å². The van der Waals surface area contributed by atoms with Gasteiger partial charge >= 0.3 is 5.97 Å². The lowest BCUT2D eigenvalue weighted by Crippen LogP contribution is -2.18. The van der Waals surface area contributed by atoms with Crippen molar-refractivity contribution in [3.63, 3.8) is 0 Å². The molecule has 0 spiro atoms. The summed E-state index contributed by atoms with van der Waals surface area (Å²) < 4.78 is 0. The van der Waals surface area contributed by atoms with Crippen molar-refractivity contribution in [1.82, 2.24) is 5.32 Å². The zero-order valence-corrected chi connectivity index (χ0v) is 18.5. The molecule has 0 fully saturated rings. The van der Waals surface area contributed by atoms with Gasteiger partial charge in [-0.2, -0.15) is 0 Å². The highest BCUT2D eigenvalue weighted by Crippen LogP contribution is 2.33. The Hall–Kier alpha value is -3.95. The lowest BCUT2D eigenvalue weighted by molar-refractivity contribution is 0.0697. The van der Waals surface area contributed by atoms with Crippen LogP contribution in [0, 0.1) is 0 Å². The number of hydrogen-bond donors (Lipinski definition) is 2. The maximum atomic E-state index is 11.9. The average Bonchev–Trinajstić information content (AvgIpc) is 2.86. The number of rotatable bonds is 6. The number of carboxylic acids is 1. The standard InChI is InChI=1S/C30H25NO2/c1-20(24-16-8-11-22-9-2-4-12-25(22)24)31-19-21-17-23-10-3-5-13-26(23)29(18-21)27-14-6-7-15-28(27)30(32)33/h2-18,20,31H,19H2,1H3,(H,32,33). The van der Waals surface area contributed by atoms with Crippen molar-refractivity contribution in [1.29, 1.82) is 0 Å². The zero-order chi connectivity index (χ0) is 22.8. The molecule has 0 saturated heterocycles. The molecule has 0 heterocycles. The average molecular weight is 432 g/mol. The summed E-state index contributed by atoms with van der Waals surface area (Å²) >= 11 is 0. The lowest BCUT2D eigenvalue weighted by atomic mass is 9.92. The quantitative estimate of drug-likeness (QED) is 0.299. The Bertz CT molecular complexity index is 1470. The number of carbonyl (C=O) groups is 1. The lowest BCUT2D eigenvalue weighted by Gasteiger charge is -2.18. The van der Waals surface area contributed by atoms with Crippen molar-refractivity contribution < 1.29 is 9.90 Å². The molecule has 0 amide bonds. The highest BCUT2D eigenvalue weighted by molar-refractivity contribution is 6.04. The Labute approximate surface area is 193 Å². The van der Waals surface area contributed by atoms with Crippen molar-refractivity contribution in [3.05, 3.63) is 120 Å². The van der Waals surface area contributed by atoms with Gasteiger partial charge in [-0.05, 0) is 68.9 Å². The monoisotopic (exact) mass is 431 g/mol. The van der Waals surface area contributed by atoms with E-state index in [9.17, 15) is 9.90 Å². The highest BCUT2D eigenvalue weighted by atomic mass is 16.4. The van der Waals surface area contributed by atoms with E-state index in [0.717, 1.165) is 27.5 Å². The third kappa shape index (κ3) is 4.11. The van der Waals surface area contributed by atoms with Gasteiger partial charge in [0.25, 0.3) is 0 Å². The molecule has 3 heteroatoms. The van der Waals surface area contributed by atoms with Crippen molar-refractivity contribution in [2.45, 2.75) is 19.5 Å². The molecule has 5 aromatic rings.